The number of carbonyl (C=O) groups is 2. The molecule has 176 valence electrons. The maximum absolute atomic E-state index is 12.3. The molecule has 10 atom stereocenters. The quantitative estimate of drug-likeness (QED) is 0.558. The number of amides is 2. The molecule has 2 unspecified atom stereocenters. The summed E-state index contributed by atoms with van der Waals surface area (Å²) in [6.07, 6.45) is 4.07. The molecule has 4 aliphatic rings. The van der Waals surface area contributed by atoms with Crippen molar-refractivity contribution in [3.05, 3.63) is 22.8 Å². The number of likely N-dealkylation sites (tertiary alicyclic amines) is 2. The third-order valence-corrected chi connectivity index (χ3v) is 8.83. The second-order valence-electron chi connectivity index (χ2n) is 10.7. The van der Waals surface area contributed by atoms with Crippen LogP contribution >= 0.6 is 0 Å². The second kappa shape index (κ2) is 9.82. The van der Waals surface area contributed by atoms with E-state index in [-0.39, 0.29) is 36.0 Å². The molecule has 0 spiro atoms. The fourth-order valence-electron chi connectivity index (χ4n) is 5.36. The molecule has 2 aliphatic heterocycles. The lowest BCUT2D eigenvalue weighted by Crippen LogP contribution is -2.41. The molecular weight excluding hydrogens is 400 g/mol. The van der Waals surface area contributed by atoms with Crippen LogP contribution in [-0.4, -0.2) is 47.0 Å². The number of hydrogen-bond donors (Lipinski definition) is 0. The van der Waals surface area contributed by atoms with Gasteiger partial charge in [-0.3, -0.25) is 29.1 Å². The van der Waals surface area contributed by atoms with Gasteiger partial charge in [-0.25, -0.2) is 13.1 Å². The minimum Gasteiger partial charge on any atom is -0.289 e. The lowest BCUT2D eigenvalue weighted by molar-refractivity contribution is -0.138. The maximum Gasteiger partial charge on any atom is 0.303 e. The van der Waals surface area contributed by atoms with E-state index in [4.69, 9.17) is 13.1 Å². The van der Waals surface area contributed by atoms with E-state index in [0.717, 1.165) is 38.8 Å². The lowest BCUT2D eigenvalue weighted by atomic mass is 9.92. The first-order valence-electron chi connectivity index (χ1n) is 12.5. The summed E-state index contributed by atoms with van der Waals surface area (Å²) in [5.74, 6) is 3.59. The molecule has 32 heavy (non-hydrogen) atoms. The van der Waals surface area contributed by atoms with E-state index in [1.165, 1.54) is 0 Å². The molecule has 0 bridgehead atoms. The van der Waals surface area contributed by atoms with Crippen LogP contribution in [0.3, 0.4) is 0 Å². The van der Waals surface area contributed by atoms with Gasteiger partial charge < -0.3 is 0 Å². The number of hydrogen-bond acceptors (Lipinski definition) is 2. The number of rotatable bonds is 6. The van der Waals surface area contributed by atoms with E-state index in [1.54, 1.807) is 0 Å². The van der Waals surface area contributed by atoms with E-state index < -0.39 is 0 Å². The average molecular weight is 441 g/mol. The van der Waals surface area contributed by atoms with Gasteiger partial charge in [0.25, 0.3) is 0 Å². The summed E-state index contributed by atoms with van der Waals surface area (Å²) in [7, 11) is 0. The van der Waals surface area contributed by atoms with Crippen LogP contribution in [0.4, 0.5) is 0 Å². The van der Waals surface area contributed by atoms with Crippen LogP contribution in [-0.2, 0) is 9.59 Å². The molecule has 0 aromatic heterocycles. The molecular formula is C26H40N4O2. The summed E-state index contributed by atoms with van der Waals surface area (Å²) < 4.78 is 0. The van der Waals surface area contributed by atoms with Gasteiger partial charge in [-0.1, -0.05) is 54.4 Å². The van der Waals surface area contributed by atoms with Gasteiger partial charge in [0, 0.05) is 24.9 Å². The molecule has 4 rings (SSSR count). The van der Waals surface area contributed by atoms with E-state index in [1.807, 2.05) is 23.6 Å². The summed E-state index contributed by atoms with van der Waals surface area (Å²) in [5, 5.41) is 0. The van der Waals surface area contributed by atoms with Gasteiger partial charge in [0.15, 0.2) is 0 Å². The smallest absolute Gasteiger partial charge is 0.289 e. The summed E-state index contributed by atoms with van der Waals surface area (Å²) in [6, 6.07) is 0. The Labute approximate surface area is 194 Å². The van der Waals surface area contributed by atoms with E-state index in [0.29, 0.717) is 35.5 Å². The van der Waals surface area contributed by atoms with Crippen molar-refractivity contribution in [1.29, 1.82) is 0 Å². The van der Waals surface area contributed by atoms with Crippen molar-refractivity contribution in [3.8, 4) is 0 Å². The van der Waals surface area contributed by atoms with Gasteiger partial charge >= 0.3 is 12.3 Å². The summed E-state index contributed by atoms with van der Waals surface area (Å²) in [4.78, 5) is 35.5. The van der Waals surface area contributed by atoms with E-state index >= 15 is 0 Å². The molecule has 0 aromatic carbocycles. The van der Waals surface area contributed by atoms with E-state index in [9.17, 15) is 9.59 Å². The molecule has 2 saturated heterocycles. The first-order valence-corrected chi connectivity index (χ1v) is 12.5. The van der Waals surface area contributed by atoms with Crippen LogP contribution in [0.5, 0.6) is 0 Å². The predicted octanol–water partition coefficient (Wildman–Crippen LogP) is 4.78. The van der Waals surface area contributed by atoms with Crippen LogP contribution < -0.4 is 0 Å². The molecule has 4 fully saturated rings. The molecule has 0 aromatic rings. The molecule has 2 amide bonds. The molecule has 2 saturated carbocycles. The van der Waals surface area contributed by atoms with Crippen molar-refractivity contribution in [2.24, 2.45) is 47.3 Å². The highest BCUT2D eigenvalue weighted by molar-refractivity contribution is 5.80. The molecule has 6 nitrogen and oxygen atoms in total. The fraction of sp³-hybridized carbons (Fsp3) is 0.846. The predicted molar refractivity (Wildman–Crippen MR) is 125 cm³/mol. The molecule has 2 heterocycles. The van der Waals surface area contributed by atoms with Crippen molar-refractivity contribution in [2.45, 2.75) is 79.6 Å². The van der Waals surface area contributed by atoms with Crippen molar-refractivity contribution in [3.63, 3.8) is 0 Å². The van der Waals surface area contributed by atoms with Crippen LogP contribution in [0.2, 0.25) is 0 Å². The molecule has 0 N–H and O–H groups in total. The van der Waals surface area contributed by atoms with Crippen LogP contribution in [0, 0.1) is 60.5 Å². The van der Waals surface area contributed by atoms with Crippen molar-refractivity contribution in [1.82, 2.24) is 9.80 Å². The summed E-state index contributed by atoms with van der Waals surface area (Å²) >= 11 is 0. The standard InChI is InChI=1S/2C13H20N2O/c2*1-5-8(2)9(3)13(16)15-7-10-6-11(10)12(15)14-4/h2*8-12H,5-7H2,1-3H3/t8?,9-,10+,11+,12+;8?,9-,10-,11-,12-/m00/s1. The minimum absolute atomic E-state index is 0.0618. The number of carbonyl (C=O) groups excluding carboxylic acids is 2. The zero-order valence-electron chi connectivity index (χ0n) is 20.6. The van der Waals surface area contributed by atoms with Crippen molar-refractivity contribution in [2.75, 3.05) is 13.1 Å². The third kappa shape index (κ3) is 4.66. The molecule has 6 heteroatoms. The number of piperidine rings is 2. The Balaban J connectivity index is 0.000000181. The topological polar surface area (TPSA) is 49.3 Å². The highest BCUT2D eigenvalue weighted by atomic mass is 16.2. The highest BCUT2D eigenvalue weighted by Gasteiger charge is 2.59. The molecule has 0 radical (unpaired) electrons. The maximum atomic E-state index is 12.3. The van der Waals surface area contributed by atoms with Gasteiger partial charge in [0.05, 0.1) is 11.8 Å². The Kier molecular flexibility index (Phi) is 7.53. The van der Waals surface area contributed by atoms with E-state index in [2.05, 4.69) is 37.4 Å². The largest absolute Gasteiger partial charge is 0.303 e. The monoisotopic (exact) mass is 440 g/mol. The first-order chi connectivity index (χ1) is 15.2. The Morgan fingerprint density at radius 1 is 0.781 bits per heavy atom. The minimum atomic E-state index is -0.149. The Morgan fingerprint density at radius 3 is 1.41 bits per heavy atom. The van der Waals surface area contributed by atoms with Crippen LogP contribution in [0.15, 0.2) is 0 Å². The Hall–Kier alpha value is -2.08. The third-order valence-electron chi connectivity index (χ3n) is 8.83. The number of nitrogens with zero attached hydrogens (tertiary/aromatic N) is 4. The van der Waals surface area contributed by atoms with Gasteiger partial charge in [0.1, 0.15) is 0 Å². The Bertz CT molecular complexity index is 733. The molecule has 2 aliphatic carbocycles. The number of fused-ring (bicyclic) bond motifs is 2. The zero-order chi connectivity index (χ0) is 23.7. The zero-order valence-corrected chi connectivity index (χ0v) is 20.6. The Morgan fingerprint density at radius 2 is 1.12 bits per heavy atom. The average Bonchev–Trinajstić information content (AvgIpc) is 3.70. The summed E-state index contributed by atoms with van der Waals surface area (Å²) in [5.41, 5.74) is 0. The van der Waals surface area contributed by atoms with Gasteiger partial charge in [-0.05, 0) is 36.5 Å². The van der Waals surface area contributed by atoms with Crippen LogP contribution in [0.25, 0.3) is 9.69 Å². The van der Waals surface area contributed by atoms with Crippen molar-refractivity contribution >= 4 is 11.8 Å². The van der Waals surface area contributed by atoms with Gasteiger partial charge in [-0.2, -0.15) is 0 Å². The van der Waals surface area contributed by atoms with Gasteiger partial charge in [-0.15, -0.1) is 0 Å². The van der Waals surface area contributed by atoms with Crippen molar-refractivity contribution < 1.29 is 9.59 Å². The normalized spacial score (nSPS) is 35.1. The van der Waals surface area contributed by atoms with Gasteiger partial charge in [0.2, 0.25) is 11.8 Å². The lowest BCUT2D eigenvalue weighted by Gasteiger charge is -2.25. The summed E-state index contributed by atoms with van der Waals surface area (Å²) in [6.45, 7) is 28.5. The highest BCUT2D eigenvalue weighted by Crippen LogP contribution is 2.51. The SMILES string of the molecule is [C-]#[N+][C@@H]1[C@H]2C[C@H]2CN1C(=O)[C@@H](C)C(C)CC.[C-]#[N+][C@H]1[C@@H]2C[C@@H]2CN1C(=O)[C@@H](C)C(C)CC. The van der Waals surface area contributed by atoms with Crippen LogP contribution in [0.1, 0.15) is 67.2 Å². The first kappa shape index (κ1) is 24.6. The fourth-order valence-corrected chi connectivity index (χ4v) is 5.36. The second-order valence-corrected chi connectivity index (χ2v) is 10.7.